The molecule has 0 radical (unpaired) electrons. The summed E-state index contributed by atoms with van der Waals surface area (Å²) in [6.07, 6.45) is 3.82. The molecule has 0 aliphatic carbocycles. The Balaban J connectivity index is 2.85. The van der Waals surface area contributed by atoms with E-state index in [4.69, 9.17) is 5.73 Å². The van der Waals surface area contributed by atoms with Crippen LogP contribution < -0.4 is 17.0 Å². The molecule has 0 amide bonds. The highest BCUT2D eigenvalue weighted by Gasteiger charge is 2.05. The molecule has 1 unspecified atom stereocenters. The van der Waals surface area contributed by atoms with E-state index in [1.54, 1.807) is 0 Å². The van der Waals surface area contributed by atoms with Crippen LogP contribution in [0.3, 0.4) is 0 Å². The number of nitrogens with two attached hydrogens (primary N) is 1. The average molecular weight is 197 g/mol. The molecule has 1 atom stereocenters. The minimum atomic E-state index is -0.443. The van der Waals surface area contributed by atoms with Crippen molar-refractivity contribution in [2.75, 3.05) is 0 Å². The minimum absolute atomic E-state index is 0.348. The maximum Gasteiger partial charge on any atom is 0.329 e. The van der Waals surface area contributed by atoms with Gasteiger partial charge in [-0.1, -0.05) is 19.8 Å². The highest BCUT2D eigenvalue weighted by molar-refractivity contribution is 4.84. The Labute approximate surface area is 81.6 Å². The van der Waals surface area contributed by atoms with Crippen LogP contribution in [0.1, 0.15) is 32.4 Å². The molecule has 1 heterocycles. The summed E-state index contributed by atoms with van der Waals surface area (Å²) in [6.45, 7) is 2.06. The molecular formula is C9H15N3O2. The van der Waals surface area contributed by atoms with Crippen molar-refractivity contribution in [2.45, 2.75) is 32.4 Å². The van der Waals surface area contributed by atoms with Gasteiger partial charge in [-0.05, 0) is 6.42 Å². The van der Waals surface area contributed by atoms with Crippen LogP contribution in [0.2, 0.25) is 0 Å². The van der Waals surface area contributed by atoms with Gasteiger partial charge in [-0.25, -0.2) is 4.79 Å². The molecule has 0 bridgehead atoms. The van der Waals surface area contributed by atoms with Crippen molar-refractivity contribution in [1.82, 2.24) is 9.55 Å². The second-order valence-corrected chi connectivity index (χ2v) is 3.23. The van der Waals surface area contributed by atoms with Crippen LogP contribution in [0.4, 0.5) is 0 Å². The van der Waals surface area contributed by atoms with E-state index in [2.05, 4.69) is 11.9 Å². The van der Waals surface area contributed by atoms with Gasteiger partial charge >= 0.3 is 5.69 Å². The topological polar surface area (TPSA) is 80.9 Å². The molecule has 14 heavy (non-hydrogen) atoms. The third-order valence-electron chi connectivity index (χ3n) is 2.06. The summed E-state index contributed by atoms with van der Waals surface area (Å²) in [5.74, 6) is 0. The minimum Gasteiger partial charge on any atom is -0.311 e. The predicted molar refractivity (Wildman–Crippen MR) is 54.1 cm³/mol. The maximum absolute atomic E-state index is 11.3. The van der Waals surface area contributed by atoms with Crippen molar-refractivity contribution >= 4 is 0 Å². The van der Waals surface area contributed by atoms with Crippen molar-refractivity contribution in [3.8, 4) is 0 Å². The van der Waals surface area contributed by atoms with Gasteiger partial charge in [0.25, 0.3) is 5.56 Å². The largest absolute Gasteiger partial charge is 0.329 e. The third-order valence-corrected chi connectivity index (χ3v) is 2.06. The predicted octanol–water partition coefficient (Wildman–Crippen LogP) is 0.184. The van der Waals surface area contributed by atoms with Gasteiger partial charge < -0.3 is 5.73 Å². The van der Waals surface area contributed by atoms with E-state index >= 15 is 0 Å². The van der Waals surface area contributed by atoms with E-state index in [0.717, 1.165) is 19.3 Å². The Morgan fingerprint density at radius 2 is 2.29 bits per heavy atom. The molecule has 0 spiro atoms. The van der Waals surface area contributed by atoms with Gasteiger partial charge in [-0.15, -0.1) is 0 Å². The summed E-state index contributed by atoms with van der Waals surface area (Å²) in [6, 6.07) is 1.30. The smallest absolute Gasteiger partial charge is 0.311 e. The van der Waals surface area contributed by atoms with Gasteiger partial charge in [0.1, 0.15) is 0 Å². The summed E-state index contributed by atoms with van der Waals surface area (Å²) in [4.78, 5) is 24.2. The van der Waals surface area contributed by atoms with Crippen LogP contribution in [-0.4, -0.2) is 9.55 Å². The lowest BCUT2D eigenvalue weighted by molar-refractivity contribution is 0.444. The molecule has 0 fully saturated rings. The second-order valence-electron chi connectivity index (χ2n) is 3.23. The molecule has 0 aliphatic rings. The van der Waals surface area contributed by atoms with Crippen molar-refractivity contribution in [2.24, 2.45) is 5.73 Å². The van der Waals surface area contributed by atoms with Gasteiger partial charge in [0, 0.05) is 12.3 Å². The molecular weight excluding hydrogens is 182 g/mol. The van der Waals surface area contributed by atoms with Crippen LogP contribution in [0.5, 0.6) is 0 Å². The number of nitrogens with one attached hydrogen (secondary N) is 1. The first-order chi connectivity index (χ1) is 6.65. The summed E-state index contributed by atoms with van der Waals surface area (Å²) < 4.78 is 1.34. The van der Waals surface area contributed by atoms with E-state index in [-0.39, 0.29) is 6.17 Å². The first-order valence-corrected chi connectivity index (χ1v) is 4.72. The fraction of sp³-hybridized carbons (Fsp3) is 0.556. The van der Waals surface area contributed by atoms with Gasteiger partial charge in [0.2, 0.25) is 0 Å². The Bertz CT molecular complexity index is 394. The summed E-state index contributed by atoms with van der Waals surface area (Å²) >= 11 is 0. The molecule has 0 saturated carbocycles. The lowest BCUT2D eigenvalue weighted by atomic mass is 10.2. The highest BCUT2D eigenvalue weighted by Crippen LogP contribution is 2.05. The average Bonchev–Trinajstić information content (AvgIpc) is 2.14. The summed E-state index contributed by atoms with van der Waals surface area (Å²) in [7, 11) is 0. The number of unbranched alkanes of at least 4 members (excludes halogenated alkanes) is 1. The summed E-state index contributed by atoms with van der Waals surface area (Å²) in [5, 5.41) is 0. The number of rotatable bonds is 4. The molecule has 0 aromatic carbocycles. The Kier molecular flexibility index (Phi) is 3.64. The molecule has 1 aromatic rings. The number of hydrogen-bond acceptors (Lipinski definition) is 3. The molecule has 1 aromatic heterocycles. The van der Waals surface area contributed by atoms with E-state index in [1.807, 2.05) is 0 Å². The SMILES string of the molecule is CCCCC(N)n1ccc(=O)[nH]c1=O. The quantitative estimate of drug-likeness (QED) is 0.722. The second kappa shape index (κ2) is 4.76. The molecule has 3 N–H and O–H groups in total. The number of hydrogen-bond donors (Lipinski definition) is 2. The lowest BCUT2D eigenvalue weighted by Gasteiger charge is -2.13. The van der Waals surface area contributed by atoms with E-state index in [1.165, 1.54) is 16.8 Å². The van der Waals surface area contributed by atoms with Gasteiger partial charge in [0.15, 0.2) is 0 Å². The van der Waals surface area contributed by atoms with Crippen molar-refractivity contribution in [3.63, 3.8) is 0 Å². The Morgan fingerprint density at radius 1 is 1.57 bits per heavy atom. The molecule has 0 saturated heterocycles. The van der Waals surface area contributed by atoms with Crippen molar-refractivity contribution < 1.29 is 0 Å². The monoisotopic (exact) mass is 197 g/mol. The Morgan fingerprint density at radius 3 is 2.86 bits per heavy atom. The van der Waals surface area contributed by atoms with Crippen molar-refractivity contribution in [3.05, 3.63) is 33.1 Å². The number of H-pyrrole nitrogens is 1. The van der Waals surface area contributed by atoms with Gasteiger partial charge in [0.05, 0.1) is 6.17 Å². The van der Waals surface area contributed by atoms with Gasteiger partial charge in [-0.3, -0.25) is 14.3 Å². The normalized spacial score (nSPS) is 12.7. The Hall–Kier alpha value is -1.36. The zero-order valence-corrected chi connectivity index (χ0v) is 8.19. The molecule has 5 heteroatoms. The van der Waals surface area contributed by atoms with E-state index < -0.39 is 11.2 Å². The van der Waals surface area contributed by atoms with Crippen LogP contribution in [0.15, 0.2) is 21.9 Å². The molecule has 78 valence electrons. The number of aromatic amines is 1. The van der Waals surface area contributed by atoms with Crippen LogP contribution in [0.25, 0.3) is 0 Å². The summed E-state index contributed by atoms with van der Waals surface area (Å²) in [5.41, 5.74) is 4.93. The molecule has 1 rings (SSSR count). The zero-order chi connectivity index (χ0) is 10.6. The highest BCUT2D eigenvalue weighted by atomic mass is 16.2. The first kappa shape index (κ1) is 10.7. The van der Waals surface area contributed by atoms with E-state index in [9.17, 15) is 9.59 Å². The van der Waals surface area contributed by atoms with E-state index in [0.29, 0.717) is 0 Å². The number of nitrogens with zero attached hydrogens (tertiary/aromatic N) is 1. The third kappa shape index (κ3) is 2.56. The fourth-order valence-electron chi connectivity index (χ4n) is 1.24. The first-order valence-electron chi connectivity index (χ1n) is 4.72. The standard InChI is InChI=1S/C9H15N3O2/c1-2-3-4-7(10)12-6-5-8(13)11-9(12)14/h5-7H,2-4,10H2,1H3,(H,11,13,14). The molecule has 0 aliphatic heterocycles. The number of aromatic nitrogens is 2. The molecule has 5 nitrogen and oxygen atoms in total. The van der Waals surface area contributed by atoms with Crippen LogP contribution in [-0.2, 0) is 0 Å². The maximum atomic E-state index is 11.3. The lowest BCUT2D eigenvalue weighted by Crippen LogP contribution is -2.34. The van der Waals surface area contributed by atoms with Crippen LogP contribution in [0, 0.1) is 0 Å². The van der Waals surface area contributed by atoms with Crippen LogP contribution >= 0.6 is 0 Å². The zero-order valence-electron chi connectivity index (χ0n) is 8.19. The van der Waals surface area contributed by atoms with Gasteiger partial charge in [-0.2, -0.15) is 0 Å². The fourth-order valence-corrected chi connectivity index (χ4v) is 1.24. The van der Waals surface area contributed by atoms with Crippen molar-refractivity contribution in [1.29, 1.82) is 0 Å².